The van der Waals surface area contributed by atoms with Crippen LogP contribution in [0.3, 0.4) is 0 Å². The predicted octanol–water partition coefficient (Wildman–Crippen LogP) is 3.35. The van der Waals surface area contributed by atoms with Crippen molar-refractivity contribution in [3.8, 4) is 0 Å². The van der Waals surface area contributed by atoms with Gasteiger partial charge in [-0.05, 0) is 29.3 Å². The lowest BCUT2D eigenvalue weighted by Gasteiger charge is -2.03. The summed E-state index contributed by atoms with van der Waals surface area (Å²) in [6.07, 6.45) is 1.97. The van der Waals surface area contributed by atoms with Crippen LogP contribution < -0.4 is 5.69 Å². The maximum absolute atomic E-state index is 11.9. The van der Waals surface area contributed by atoms with Gasteiger partial charge in [0.2, 0.25) is 0 Å². The van der Waals surface area contributed by atoms with Crippen molar-refractivity contribution in [3.05, 3.63) is 86.0 Å². The standard InChI is InChI=1S/C16H12Cl2N4O/c17-13-7-5-11(6-8-13)10-19-22-15(20-21-16(22)23)9-12-3-1-2-4-14(12)18/h1-8,10H,9H2,(H,21,23)/b19-10+. The van der Waals surface area contributed by atoms with Crippen LogP contribution in [0, 0.1) is 0 Å². The molecule has 1 aromatic heterocycles. The molecule has 23 heavy (non-hydrogen) atoms. The molecule has 0 aliphatic heterocycles. The summed E-state index contributed by atoms with van der Waals surface area (Å²) in [5.74, 6) is 0.480. The average molecular weight is 347 g/mol. The molecule has 1 heterocycles. The van der Waals surface area contributed by atoms with E-state index in [2.05, 4.69) is 15.3 Å². The van der Waals surface area contributed by atoms with Crippen LogP contribution >= 0.6 is 23.2 Å². The van der Waals surface area contributed by atoms with Gasteiger partial charge in [0.05, 0.1) is 6.21 Å². The van der Waals surface area contributed by atoms with Gasteiger partial charge >= 0.3 is 5.69 Å². The fourth-order valence-electron chi connectivity index (χ4n) is 2.04. The summed E-state index contributed by atoms with van der Waals surface area (Å²) in [7, 11) is 0. The summed E-state index contributed by atoms with van der Waals surface area (Å²) in [6, 6.07) is 14.5. The number of nitrogens with one attached hydrogen (secondary N) is 1. The number of hydrogen-bond donors (Lipinski definition) is 1. The normalized spacial score (nSPS) is 11.2. The lowest BCUT2D eigenvalue weighted by molar-refractivity contribution is 0.775. The number of halogens is 2. The van der Waals surface area contributed by atoms with Crippen molar-refractivity contribution < 1.29 is 0 Å². The first-order chi connectivity index (χ1) is 11.1. The second-order valence-corrected chi connectivity index (χ2v) is 5.66. The Balaban J connectivity index is 1.88. The Morgan fingerprint density at radius 1 is 1.13 bits per heavy atom. The zero-order valence-electron chi connectivity index (χ0n) is 11.9. The van der Waals surface area contributed by atoms with Crippen LogP contribution in [0.1, 0.15) is 17.0 Å². The Morgan fingerprint density at radius 3 is 2.61 bits per heavy atom. The van der Waals surface area contributed by atoms with Crippen molar-refractivity contribution in [3.63, 3.8) is 0 Å². The van der Waals surface area contributed by atoms with Crippen LogP contribution in [0.5, 0.6) is 0 Å². The first-order valence-corrected chi connectivity index (χ1v) is 7.59. The minimum absolute atomic E-state index is 0.399. The third-order valence-corrected chi connectivity index (χ3v) is 3.84. The van der Waals surface area contributed by atoms with Gasteiger partial charge in [-0.15, -0.1) is 0 Å². The molecule has 2 aromatic carbocycles. The van der Waals surface area contributed by atoms with Crippen LogP contribution in [-0.4, -0.2) is 21.1 Å². The average Bonchev–Trinajstić information content (AvgIpc) is 2.89. The van der Waals surface area contributed by atoms with Crippen LogP contribution in [0.15, 0.2) is 58.4 Å². The molecule has 0 bridgehead atoms. The maximum Gasteiger partial charge on any atom is 0.364 e. The van der Waals surface area contributed by atoms with E-state index in [-0.39, 0.29) is 0 Å². The van der Waals surface area contributed by atoms with E-state index in [9.17, 15) is 4.79 Å². The summed E-state index contributed by atoms with van der Waals surface area (Å²) in [5.41, 5.74) is 1.29. The van der Waals surface area contributed by atoms with E-state index >= 15 is 0 Å². The van der Waals surface area contributed by atoms with Gasteiger partial charge in [-0.3, -0.25) is 0 Å². The summed E-state index contributed by atoms with van der Waals surface area (Å²) in [5, 5.41) is 11.9. The Labute approximate surface area is 142 Å². The van der Waals surface area contributed by atoms with E-state index in [0.29, 0.717) is 22.3 Å². The molecule has 3 rings (SSSR count). The van der Waals surface area contributed by atoms with Gasteiger partial charge < -0.3 is 0 Å². The highest BCUT2D eigenvalue weighted by molar-refractivity contribution is 6.31. The Kier molecular flexibility index (Phi) is 4.60. The Morgan fingerprint density at radius 2 is 1.87 bits per heavy atom. The quantitative estimate of drug-likeness (QED) is 0.736. The van der Waals surface area contributed by atoms with E-state index in [1.54, 1.807) is 24.4 Å². The molecule has 0 saturated carbocycles. The number of aromatic nitrogens is 3. The van der Waals surface area contributed by atoms with Crippen molar-refractivity contribution in [2.75, 3.05) is 0 Å². The monoisotopic (exact) mass is 346 g/mol. The largest absolute Gasteiger partial charge is 0.364 e. The second kappa shape index (κ2) is 6.81. The molecule has 0 aliphatic carbocycles. The smallest absolute Gasteiger partial charge is 0.244 e. The van der Waals surface area contributed by atoms with Gasteiger partial charge in [0.15, 0.2) is 5.82 Å². The molecule has 0 saturated heterocycles. The highest BCUT2D eigenvalue weighted by Gasteiger charge is 2.10. The van der Waals surface area contributed by atoms with Crippen molar-refractivity contribution in [1.29, 1.82) is 0 Å². The lowest BCUT2D eigenvalue weighted by Crippen LogP contribution is -2.15. The van der Waals surface area contributed by atoms with Gasteiger partial charge in [0, 0.05) is 16.5 Å². The number of rotatable bonds is 4. The first-order valence-electron chi connectivity index (χ1n) is 6.83. The molecule has 116 valence electrons. The molecular formula is C16H12Cl2N4O. The number of nitrogens with zero attached hydrogens (tertiary/aromatic N) is 3. The third-order valence-electron chi connectivity index (χ3n) is 3.22. The van der Waals surface area contributed by atoms with Crippen LogP contribution in [-0.2, 0) is 6.42 Å². The minimum atomic E-state index is -0.405. The van der Waals surface area contributed by atoms with E-state index < -0.39 is 5.69 Å². The molecule has 0 spiro atoms. The topological polar surface area (TPSA) is 63.0 Å². The zero-order valence-corrected chi connectivity index (χ0v) is 13.4. The van der Waals surface area contributed by atoms with Gasteiger partial charge in [-0.1, -0.05) is 53.5 Å². The molecule has 0 fully saturated rings. The number of hydrogen-bond acceptors (Lipinski definition) is 3. The van der Waals surface area contributed by atoms with Crippen LogP contribution in [0.2, 0.25) is 10.0 Å². The highest BCUT2D eigenvalue weighted by atomic mass is 35.5. The van der Waals surface area contributed by atoms with E-state index in [1.165, 1.54) is 4.68 Å². The number of aromatic amines is 1. The third kappa shape index (κ3) is 3.70. The van der Waals surface area contributed by atoms with Crippen LogP contribution in [0.4, 0.5) is 0 Å². The van der Waals surface area contributed by atoms with Gasteiger partial charge in [-0.2, -0.15) is 14.9 Å². The van der Waals surface area contributed by atoms with E-state index in [1.807, 2.05) is 30.3 Å². The summed E-state index contributed by atoms with van der Waals surface area (Å²) in [6.45, 7) is 0. The van der Waals surface area contributed by atoms with Crippen molar-refractivity contribution in [2.24, 2.45) is 5.10 Å². The second-order valence-electron chi connectivity index (χ2n) is 4.82. The molecule has 7 heteroatoms. The molecule has 1 N–H and O–H groups in total. The minimum Gasteiger partial charge on any atom is -0.244 e. The predicted molar refractivity (Wildman–Crippen MR) is 91.5 cm³/mol. The molecule has 0 aliphatic rings. The number of benzene rings is 2. The van der Waals surface area contributed by atoms with Crippen molar-refractivity contribution in [1.82, 2.24) is 14.9 Å². The number of H-pyrrole nitrogens is 1. The summed E-state index contributed by atoms with van der Waals surface area (Å²) in [4.78, 5) is 11.9. The fourth-order valence-corrected chi connectivity index (χ4v) is 2.37. The molecule has 5 nitrogen and oxygen atoms in total. The van der Waals surface area contributed by atoms with Gasteiger partial charge in [0.1, 0.15) is 0 Å². The molecule has 0 atom stereocenters. The van der Waals surface area contributed by atoms with Crippen molar-refractivity contribution >= 4 is 29.4 Å². The molecule has 0 amide bonds. The molecule has 0 radical (unpaired) electrons. The maximum atomic E-state index is 11.9. The zero-order chi connectivity index (χ0) is 16.2. The first kappa shape index (κ1) is 15.5. The lowest BCUT2D eigenvalue weighted by atomic mass is 10.1. The molecule has 3 aromatic rings. The van der Waals surface area contributed by atoms with E-state index in [4.69, 9.17) is 23.2 Å². The molecular weight excluding hydrogens is 335 g/mol. The Hall–Kier alpha value is -2.37. The van der Waals surface area contributed by atoms with Crippen molar-refractivity contribution in [2.45, 2.75) is 6.42 Å². The van der Waals surface area contributed by atoms with E-state index in [0.717, 1.165) is 11.1 Å². The van der Waals surface area contributed by atoms with Gasteiger partial charge in [0.25, 0.3) is 0 Å². The summed E-state index contributed by atoms with van der Waals surface area (Å²) < 4.78 is 1.22. The van der Waals surface area contributed by atoms with Crippen LogP contribution in [0.25, 0.3) is 0 Å². The highest BCUT2D eigenvalue weighted by Crippen LogP contribution is 2.17. The SMILES string of the molecule is O=c1[nH]nc(Cc2ccccc2Cl)n1/N=C/c1ccc(Cl)cc1. The summed E-state index contributed by atoms with van der Waals surface area (Å²) >= 11 is 12.0. The Bertz CT molecular complexity index is 897. The van der Waals surface area contributed by atoms with Gasteiger partial charge in [-0.25, -0.2) is 9.89 Å². The fraction of sp³-hybridized carbons (Fsp3) is 0.0625. The molecule has 0 unspecified atom stereocenters.